The zero-order chi connectivity index (χ0) is 25.7. The quantitative estimate of drug-likeness (QED) is 0.255. The summed E-state index contributed by atoms with van der Waals surface area (Å²) in [6.45, 7) is 0. The fourth-order valence-electron chi connectivity index (χ4n) is 5.05. The van der Waals surface area contributed by atoms with Crippen molar-refractivity contribution < 1.29 is 0 Å². The fourth-order valence-corrected chi connectivity index (χ4v) is 5.35. The van der Waals surface area contributed by atoms with Crippen molar-refractivity contribution in [1.82, 2.24) is 19.1 Å². The molecule has 0 bridgehead atoms. The third kappa shape index (κ3) is 4.41. The minimum atomic E-state index is -0.137. The number of fused-ring (bicyclic) bond motifs is 1. The minimum absolute atomic E-state index is 0.0663. The average Bonchev–Trinajstić information content (AvgIpc) is 3.65. The van der Waals surface area contributed by atoms with E-state index in [0.717, 1.165) is 51.9 Å². The van der Waals surface area contributed by atoms with Gasteiger partial charge in [-0.2, -0.15) is 0 Å². The van der Waals surface area contributed by atoms with Gasteiger partial charge in [0, 0.05) is 42.8 Å². The second-order valence-electron chi connectivity index (χ2n) is 9.55. The van der Waals surface area contributed by atoms with Crippen LogP contribution in [0.2, 0.25) is 10.0 Å². The summed E-state index contributed by atoms with van der Waals surface area (Å²) in [6.07, 6.45) is 7.62. The lowest BCUT2D eigenvalue weighted by molar-refractivity contribution is 0.644. The van der Waals surface area contributed by atoms with Crippen LogP contribution in [0.4, 0.5) is 5.82 Å². The topological polar surface area (TPSA) is 56.0 Å². The summed E-state index contributed by atoms with van der Waals surface area (Å²) in [4.78, 5) is 24.4. The molecule has 0 N–H and O–H groups in total. The van der Waals surface area contributed by atoms with Gasteiger partial charge >= 0.3 is 0 Å². The van der Waals surface area contributed by atoms with E-state index in [9.17, 15) is 4.79 Å². The summed E-state index contributed by atoms with van der Waals surface area (Å²) in [5.41, 5.74) is 4.69. The van der Waals surface area contributed by atoms with Gasteiger partial charge < -0.3 is 14.0 Å². The highest BCUT2D eigenvalue weighted by atomic mass is 35.5. The van der Waals surface area contributed by atoms with Crippen LogP contribution in [-0.4, -0.2) is 25.1 Å². The third-order valence-corrected chi connectivity index (χ3v) is 7.51. The van der Waals surface area contributed by atoms with Crippen molar-refractivity contribution in [2.24, 2.45) is 14.1 Å². The number of hydrogen-bond donors (Lipinski definition) is 0. The van der Waals surface area contributed by atoms with E-state index in [1.54, 1.807) is 23.9 Å². The molecule has 0 saturated heterocycles. The Balaban J connectivity index is 1.60. The van der Waals surface area contributed by atoms with Crippen LogP contribution in [0.15, 0.2) is 84.2 Å². The molecule has 0 spiro atoms. The predicted octanol–water partition coefficient (Wildman–Crippen LogP) is 6.40. The van der Waals surface area contributed by atoms with Gasteiger partial charge in [0.15, 0.2) is 0 Å². The first-order valence-electron chi connectivity index (χ1n) is 12.2. The zero-order valence-electron chi connectivity index (χ0n) is 20.5. The molecular formula is C29H25Cl2N5O. The maximum Gasteiger partial charge on any atom is 0.251 e. The Bertz CT molecular complexity index is 1670. The van der Waals surface area contributed by atoms with Crippen LogP contribution < -0.4 is 10.5 Å². The number of imidazole rings is 1. The molecule has 6 rings (SSSR count). The van der Waals surface area contributed by atoms with Crippen molar-refractivity contribution in [3.63, 3.8) is 0 Å². The highest BCUT2D eigenvalue weighted by molar-refractivity contribution is 6.31. The normalized spacial score (nSPS) is 14.2. The van der Waals surface area contributed by atoms with E-state index >= 15 is 0 Å². The van der Waals surface area contributed by atoms with Gasteiger partial charge in [-0.25, -0.2) is 9.97 Å². The van der Waals surface area contributed by atoms with E-state index in [2.05, 4.69) is 26.6 Å². The first-order valence-corrected chi connectivity index (χ1v) is 12.9. The second kappa shape index (κ2) is 9.36. The van der Waals surface area contributed by atoms with Gasteiger partial charge in [0.1, 0.15) is 5.82 Å². The monoisotopic (exact) mass is 529 g/mol. The molecule has 5 aromatic rings. The first-order chi connectivity index (χ1) is 17.9. The third-order valence-electron chi connectivity index (χ3n) is 7.05. The number of rotatable bonds is 6. The molecule has 37 heavy (non-hydrogen) atoms. The molecule has 1 fully saturated rings. The molecular weight excluding hydrogens is 505 g/mol. The summed E-state index contributed by atoms with van der Waals surface area (Å²) in [5.74, 6) is 0.869. The number of anilines is 1. The summed E-state index contributed by atoms with van der Waals surface area (Å²) in [5, 5.41) is 2.21. The average molecular weight is 530 g/mol. The zero-order valence-corrected chi connectivity index (χ0v) is 22.0. The number of nitrogens with zero attached hydrogens (tertiary/aromatic N) is 5. The molecule has 186 valence electrons. The van der Waals surface area contributed by atoms with Crippen molar-refractivity contribution >= 4 is 39.9 Å². The van der Waals surface area contributed by atoms with Gasteiger partial charge in [-0.1, -0.05) is 41.4 Å². The molecule has 0 amide bonds. The lowest BCUT2D eigenvalue weighted by atomic mass is 9.95. The van der Waals surface area contributed by atoms with Crippen molar-refractivity contribution in [1.29, 1.82) is 0 Å². The van der Waals surface area contributed by atoms with E-state index in [4.69, 9.17) is 28.2 Å². The molecule has 3 heterocycles. The molecule has 1 saturated carbocycles. The van der Waals surface area contributed by atoms with Gasteiger partial charge in [-0.05, 0) is 65.9 Å². The van der Waals surface area contributed by atoms with Crippen LogP contribution in [0.3, 0.4) is 0 Å². The number of hydrogen-bond acceptors (Lipinski definition) is 4. The second-order valence-corrected chi connectivity index (χ2v) is 10.4. The fraction of sp³-hybridized carbons (Fsp3) is 0.207. The van der Waals surface area contributed by atoms with E-state index < -0.39 is 0 Å². The Morgan fingerprint density at radius 2 is 1.81 bits per heavy atom. The van der Waals surface area contributed by atoms with Crippen LogP contribution in [0.1, 0.15) is 30.1 Å². The summed E-state index contributed by atoms with van der Waals surface area (Å²) in [7, 11) is 3.82. The summed E-state index contributed by atoms with van der Waals surface area (Å²) >= 11 is 12.5. The lowest BCUT2D eigenvalue weighted by Gasteiger charge is -2.34. The lowest BCUT2D eigenvalue weighted by Crippen LogP contribution is -2.33. The van der Waals surface area contributed by atoms with Crippen molar-refractivity contribution in [2.45, 2.75) is 24.9 Å². The van der Waals surface area contributed by atoms with Gasteiger partial charge in [-0.3, -0.25) is 4.79 Å². The number of benzene rings is 2. The predicted molar refractivity (Wildman–Crippen MR) is 149 cm³/mol. The van der Waals surface area contributed by atoms with Gasteiger partial charge in [0.05, 0.1) is 34.8 Å². The van der Waals surface area contributed by atoms with Crippen LogP contribution in [0.5, 0.6) is 0 Å². The van der Waals surface area contributed by atoms with E-state index in [1.165, 1.54) is 0 Å². The highest BCUT2D eigenvalue weighted by Gasteiger charge is 2.37. The van der Waals surface area contributed by atoms with Gasteiger partial charge in [-0.15, -0.1) is 0 Å². The Morgan fingerprint density at radius 3 is 2.49 bits per heavy atom. The Hall–Kier alpha value is -3.61. The van der Waals surface area contributed by atoms with Crippen LogP contribution >= 0.6 is 23.2 Å². The SMILES string of the molecule is Cn1cncc1C(c1ccc2c(c1)c(-c1cccc(Cl)c1)cc(=O)n2C)N(c1ccc(Cl)cn1)C1CC1. The van der Waals surface area contributed by atoms with E-state index in [0.29, 0.717) is 16.1 Å². The maximum atomic E-state index is 12.9. The molecule has 1 aliphatic rings. The van der Waals surface area contributed by atoms with Crippen molar-refractivity contribution in [3.8, 4) is 11.1 Å². The summed E-state index contributed by atoms with van der Waals surface area (Å²) in [6, 6.07) is 19.7. The number of halogens is 2. The van der Waals surface area contributed by atoms with Gasteiger partial charge in [0.2, 0.25) is 0 Å². The number of aryl methyl sites for hydroxylation is 2. The molecule has 1 aliphatic carbocycles. The Kier molecular flexibility index (Phi) is 6.01. The van der Waals surface area contributed by atoms with Crippen LogP contribution in [-0.2, 0) is 14.1 Å². The number of pyridine rings is 2. The van der Waals surface area contributed by atoms with Gasteiger partial charge in [0.25, 0.3) is 5.56 Å². The highest BCUT2D eigenvalue weighted by Crippen LogP contribution is 2.42. The van der Waals surface area contributed by atoms with Crippen molar-refractivity contribution in [3.05, 3.63) is 111 Å². The van der Waals surface area contributed by atoms with E-state index in [1.807, 2.05) is 62.0 Å². The minimum Gasteiger partial charge on any atom is -0.341 e. The molecule has 0 radical (unpaired) electrons. The molecule has 6 nitrogen and oxygen atoms in total. The smallest absolute Gasteiger partial charge is 0.251 e. The van der Waals surface area contributed by atoms with Crippen LogP contribution in [0, 0.1) is 0 Å². The molecule has 8 heteroatoms. The summed E-state index contributed by atoms with van der Waals surface area (Å²) < 4.78 is 3.74. The standard InChI is InChI=1S/C29H25Cl2N5O/c1-34-17-32-16-26(34)29(36(22-8-9-22)27-11-7-21(31)15-33-27)19-6-10-25-24(13-19)23(14-28(37)35(25)2)18-4-3-5-20(30)12-18/h3-7,10-17,22,29H,8-9H2,1-2H3. The molecule has 0 aliphatic heterocycles. The first kappa shape index (κ1) is 23.8. The molecule has 1 unspecified atom stereocenters. The number of aromatic nitrogens is 4. The molecule has 1 atom stereocenters. The van der Waals surface area contributed by atoms with Crippen LogP contribution in [0.25, 0.3) is 22.0 Å². The maximum absolute atomic E-state index is 12.9. The molecule has 3 aromatic heterocycles. The Morgan fingerprint density at radius 1 is 0.973 bits per heavy atom. The molecule has 2 aromatic carbocycles. The van der Waals surface area contributed by atoms with Crippen molar-refractivity contribution in [2.75, 3.05) is 4.90 Å². The Labute approximate surface area is 224 Å². The van der Waals surface area contributed by atoms with E-state index in [-0.39, 0.29) is 11.6 Å². The largest absolute Gasteiger partial charge is 0.341 e.